The van der Waals surface area contributed by atoms with Gasteiger partial charge in [-0.1, -0.05) is 18.2 Å². The van der Waals surface area contributed by atoms with Gasteiger partial charge in [-0.15, -0.1) is 0 Å². The Morgan fingerprint density at radius 1 is 0.950 bits per heavy atom. The third-order valence-electron chi connectivity index (χ3n) is 3.40. The second-order valence-corrected chi connectivity index (χ2v) is 7.04. The van der Waals surface area contributed by atoms with E-state index < -0.39 is 9.84 Å². The molecule has 0 saturated carbocycles. The first kappa shape index (κ1) is 14.6. The summed E-state index contributed by atoms with van der Waals surface area (Å²) in [7, 11) is -3.13. The predicted molar refractivity (Wildman–Crippen MR) is 82.8 cm³/mol. The molecule has 0 aliphatic heterocycles. The lowest BCUT2D eigenvalue weighted by atomic mass is 10.0. The van der Waals surface area contributed by atoms with E-state index in [1.807, 2.05) is 0 Å². The van der Waals surface area contributed by atoms with Gasteiger partial charge in [-0.3, -0.25) is 0 Å². The fraction of sp³-hybridized carbons (Fsp3) is 0.250. The maximum absolute atomic E-state index is 11.4. The van der Waals surface area contributed by atoms with Crippen LogP contribution in [0.5, 0.6) is 0 Å². The number of hydrogen-bond donors (Lipinski definition) is 1. The number of sulfone groups is 1. The Morgan fingerprint density at radius 2 is 1.50 bits per heavy atom. The van der Waals surface area contributed by atoms with Gasteiger partial charge in [-0.25, -0.2) is 8.42 Å². The molecule has 2 aromatic rings. The van der Waals surface area contributed by atoms with Crippen LogP contribution in [0, 0.1) is 13.8 Å². The van der Waals surface area contributed by atoms with Crippen molar-refractivity contribution in [2.24, 2.45) is 0 Å². The van der Waals surface area contributed by atoms with Crippen molar-refractivity contribution in [2.75, 3.05) is 11.6 Å². The Morgan fingerprint density at radius 3 is 2.00 bits per heavy atom. The van der Waals surface area contributed by atoms with Crippen LogP contribution in [0.15, 0.2) is 47.4 Å². The lowest BCUT2D eigenvalue weighted by Crippen LogP contribution is -2.04. The highest BCUT2D eigenvalue weighted by molar-refractivity contribution is 7.90. The molecule has 20 heavy (non-hydrogen) atoms. The third-order valence-corrected chi connectivity index (χ3v) is 4.52. The fourth-order valence-corrected chi connectivity index (χ4v) is 2.77. The van der Waals surface area contributed by atoms with Crippen molar-refractivity contribution >= 4 is 15.5 Å². The molecule has 0 radical (unpaired) electrons. The fourth-order valence-electron chi connectivity index (χ4n) is 2.14. The molecule has 0 aromatic heterocycles. The predicted octanol–water partition coefficient (Wildman–Crippen LogP) is 3.32. The molecule has 0 saturated heterocycles. The number of benzene rings is 2. The van der Waals surface area contributed by atoms with Crippen LogP contribution in [0.4, 0.5) is 5.69 Å². The minimum atomic E-state index is -3.13. The molecule has 3 nitrogen and oxygen atoms in total. The van der Waals surface area contributed by atoms with E-state index in [2.05, 4.69) is 37.4 Å². The van der Waals surface area contributed by atoms with Gasteiger partial charge in [0.05, 0.1) is 4.90 Å². The first-order valence-electron chi connectivity index (χ1n) is 6.47. The number of anilines is 1. The summed E-state index contributed by atoms with van der Waals surface area (Å²) < 4.78 is 22.8. The van der Waals surface area contributed by atoms with Crippen LogP contribution >= 0.6 is 0 Å². The average molecular weight is 289 g/mol. The van der Waals surface area contributed by atoms with Crippen LogP contribution < -0.4 is 5.32 Å². The van der Waals surface area contributed by atoms with E-state index in [0.29, 0.717) is 4.90 Å². The Labute approximate surface area is 120 Å². The molecule has 0 unspecified atom stereocenters. The summed E-state index contributed by atoms with van der Waals surface area (Å²) in [6.45, 7) is 4.92. The van der Waals surface area contributed by atoms with Gasteiger partial charge in [-0.2, -0.15) is 0 Å². The van der Waals surface area contributed by atoms with Gasteiger partial charge in [0.15, 0.2) is 9.84 Å². The van der Waals surface area contributed by atoms with Gasteiger partial charge < -0.3 is 5.32 Å². The Bertz CT molecular complexity index is 684. The summed E-state index contributed by atoms with van der Waals surface area (Å²) >= 11 is 0. The minimum Gasteiger partial charge on any atom is -0.381 e. The molecular weight excluding hydrogens is 270 g/mol. The second kappa shape index (κ2) is 5.67. The van der Waals surface area contributed by atoms with Crippen molar-refractivity contribution < 1.29 is 8.42 Å². The van der Waals surface area contributed by atoms with E-state index in [-0.39, 0.29) is 0 Å². The zero-order valence-electron chi connectivity index (χ0n) is 12.0. The number of aryl methyl sites for hydroxylation is 2. The Balaban J connectivity index is 2.12. The topological polar surface area (TPSA) is 46.2 Å². The zero-order valence-corrected chi connectivity index (χ0v) is 12.8. The molecule has 0 aliphatic rings. The van der Waals surface area contributed by atoms with E-state index >= 15 is 0 Å². The van der Waals surface area contributed by atoms with Crippen LogP contribution in [0.25, 0.3) is 0 Å². The summed E-state index contributed by atoms with van der Waals surface area (Å²) in [5.41, 5.74) is 4.70. The quantitative estimate of drug-likeness (QED) is 0.939. The molecule has 0 spiro atoms. The van der Waals surface area contributed by atoms with Crippen molar-refractivity contribution in [2.45, 2.75) is 25.3 Å². The molecule has 0 bridgehead atoms. The molecule has 4 heteroatoms. The van der Waals surface area contributed by atoms with E-state index in [1.165, 1.54) is 22.9 Å². The summed E-state index contributed by atoms with van der Waals surface area (Å²) in [6.07, 6.45) is 1.21. The molecule has 0 fully saturated rings. The number of nitrogens with one attached hydrogen (secondary N) is 1. The summed E-state index contributed by atoms with van der Waals surface area (Å²) in [6, 6.07) is 13.1. The van der Waals surface area contributed by atoms with Gasteiger partial charge >= 0.3 is 0 Å². The van der Waals surface area contributed by atoms with Gasteiger partial charge in [0.2, 0.25) is 0 Å². The number of rotatable bonds is 4. The maximum atomic E-state index is 11.4. The first-order chi connectivity index (χ1) is 9.38. The SMILES string of the molecule is Cc1cccc(C)c1CNc1ccc(S(C)(=O)=O)cc1. The summed E-state index contributed by atoms with van der Waals surface area (Å²) in [5, 5.41) is 3.33. The smallest absolute Gasteiger partial charge is 0.175 e. The lowest BCUT2D eigenvalue weighted by Gasteiger charge is -2.12. The molecule has 0 atom stereocenters. The molecule has 0 amide bonds. The molecular formula is C16H19NO2S. The van der Waals surface area contributed by atoms with Crippen LogP contribution in [-0.4, -0.2) is 14.7 Å². The standard InChI is InChI=1S/C16H19NO2S/c1-12-5-4-6-13(2)16(12)11-17-14-7-9-15(10-8-14)20(3,18)19/h4-10,17H,11H2,1-3H3. The Kier molecular flexibility index (Phi) is 4.14. The molecule has 0 aliphatic carbocycles. The average Bonchev–Trinajstić information content (AvgIpc) is 2.37. The van der Waals surface area contributed by atoms with Crippen LogP contribution in [0.3, 0.4) is 0 Å². The van der Waals surface area contributed by atoms with Crippen molar-refractivity contribution in [3.63, 3.8) is 0 Å². The van der Waals surface area contributed by atoms with Crippen molar-refractivity contribution in [1.29, 1.82) is 0 Å². The monoisotopic (exact) mass is 289 g/mol. The lowest BCUT2D eigenvalue weighted by molar-refractivity contribution is 0.602. The third kappa shape index (κ3) is 3.39. The van der Waals surface area contributed by atoms with Gasteiger partial charge in [0.1, 0.15) is 0 Å². The van der Waals surface area contributed by atoms with E-state index in [0.717, 1.165) is 12.2 Å². The first-order valence-corrected chi connectivity index (χ1v) is 8.36. The second-order valence-electron chi connectivity index (χ2n) is 5.02. The largest absolute Gasteiger partial charge is 0.381 e. The van der Waals surface area contributed by atoms with Crippen molar-refractivity contribution in [1.82, 2.24) is 0 Å². The maximum Gasteiger partial charge on any atom is 0.175 e. The molecule has 2 aromatic carbocycles. The highest BCUT2D eigenvalue weighted by Crippen LogP contribution is 2.17. The highest BCUT2D eigenvalue weighted by atomic mass is 32.2. The van der Waals surface area contributed by atoms with E-state index in [1.54, 1.807) is 24.3 Å². The van der Waals surface area contributed by atoms with E-state index in [9.17, 15) is 8.42 Å². The van der Waals surface area contributed by atoms with Gasteiger partial charge in [0.25, 0.3) is 0 Å². The van der Waals surface area contributed by atoms with Crippen LogP contribution in [0.2, 0.25) is 0 Å². The van der Waals surface area contributed by atoms with Crippen molar-refractivity contribution in [3.05, 3.63) is 59.2 Å². The molecule has 1 N–H and O–H groups in total. The minimum absolute atomic E-state index is 0.343. The van der Waals surface area contributed by atoms with E-state index in [4.69, 9.17) is 0 Å². The summed E-state index contributed by atoms with van der Waals surface area (Å²) in [4.78, 5) is 0.343. The normalized spacial score (nSPS) is 11.3. The van der Waals surface area contributed by atoms with Gasteiger partial charge in [-0.05, 0) is 54.8 Å². The Hall–Kier alpha value is -1.81. The van der Waals surface area contributed by atoms with Crippen LogP contribution in [0.1, 0.15) is 16.7 Å². The number of hydrogen-bond acceptors (Lipinski definition) is 3. The highest BCUT2D eigenvalue weighted by Gasteiger charge is 2.06. The molecule has 0 heterocycles. The molecule has 106 valence electrons. The molecule has 2 rings (SSSR count). The zero-order chi connectivity index (χ0) is 14.8. The van der Waals surface area contributed by atoms with Crippen molar-refractivity contribution in [3.8, 4) is 0 Å². The van der Waals surface area contributed by atoms with Crippen LogP contribution in [-0.2, 0) is 16.4 Å². The summed E-state index contributed by atoms with van der Waals surface area (Å²) in [5.74, 6) is 0. The van der Waals surface area contributed by atoms with Gasteiger partial charge in [0, 0.05) is 18.5 Å².